The summed E-state index contributed by atoms with van der Waals surface area (Å²) in [6.07, 6.45) is 5.74. The topological polar surface area (TPSA) is 75.4 Å². The number of aromatic nitrogens is 4. The molecule has 5 rings (SSSR count). The van der Waals surface area contributed by atoms with E-state index in [1.165, 1.54) is 24.2 Å². The molecule has 158 valence electrons. The normalized spacial score (nSPS) is 15.4. The molecular formula is C23H24N6OS. The van der Waals surface area contributed by atoms with Gasteiger partial charge in [0, 0.05) is 23.7 Å². The Bertz CT molecular complexity index is 1190. The number of anilines is 1. The maximum atomic E-state index is 12.9. The molecule has 1 amide bonds. The minimum Gasteiger partial charge on any atom is -0.298 e. The second-order valence-corrected chi connectivity index (χ2v) is 8.90. The van der Waals surface area contributed by atoms with Crippen molar-refractivity contribution < 1.29 is 4.79 Å². The molecule has 1 aliphatic heterocycles. The monoisotopic (exact) mass is 432 g/mol. The first-order valence-electron chi connectivity index (χ1n) is 10.5. The van der Waals surface area contributed by atoms with E-state index < -0.39 is 0 Å². The fourth-order valence-corrected chi connectivity index (χ4v) is 4.63. The minimum atomic E-state index is -0.250. The van der Waals surface area contributed by atoms with Crippen molar-refractivity contribution in [3.8, 4) is 11.3 Å². The van der Waals surface area contributed by atoms with Crippen molar-refractivity contribution in [1.82, 2.24) is 24.5 Å². The van der Waals surface area contributed by atoms with E-state index in [1.807, 2.05) is 41.8 Å². The molecule has 0 unspecified atom stereocenters. The quantitative estimate of drug-likeness (QED) is 0.508. The van der Waals surface area contributed by atoms with Crippen molar-refractivity contribution in [2.45, 2.75) is 26.3 Å². The highest BCUT2D eigenvalue weighted by Crippen LogP contribution is 2.23. The zero-order valence-corrected chi connectivity index (χ0v) is 18.2. The average Bonchev–Trinajstić information content (AvgIpc) is 3.42. The van der Waals surface area contributed by atoms with Gasteiger partial charge >= 0.3 is 0 Å². The molecule has 8 heteroatoms. The summed E-state index contributed by atoms with van der Waals surface area (Å²) >= 11 is 1.45. The molecule has 1 saturated heterocycles. The number of amides is 1. The van der Waals surface area contributed by atoms with Gasteiger partial charge in [-0.3, -0.25) is 15.0 Å². The van der Waals surface area contributed by atoms with Crippen LogP contribution in [0.5, 0.6) is 0 Å². The summed E-state index contributed by atoms with van der Waals surface area (Å²) in [6, 6.07) is 11.8. The molecule has 0 spiro atoms. The first kappa shape index (κ1) is 19.8. The van der Waals surface area contributed by atoms with Gasteiger partial charge in [0.05, 0.1) is 17.6 Å². The van der Waals surface area contributed by atoms with Crippen molar-refractivity contribution in [3.05, 3.63) is 65.4 Å². The third kappa shape index (κ3) is 4.22. The number of carbonyl (C=O) groups excluding carboxylic acids is 1. The number of nitrogens with one attached hydrogen (secondary N) is 1. The number of fused-ring (bicyclic) bond motifs is 1. The molecule has 31 heavy (non-hydrogen) atoms. The number of likely N-dealkylation sites (tertiary alicyclic amines) is 1. The predicted molar refractivity (Wildman–Crippen MR) is 122 cm³/mol. The minimum absolute atomic E-state index is 0.250. The Labute approximate surface area is 184 Å². The van der Waals surface area contributed by atoms with Crippen molar-refractivity contribution in [3.63, 3.8) is 0 Å². The molecule has 0 aliphatic carbocycles. The van der Waals surface area contributed by atoms with E-state index in [1.54, 1.807) is 16.9 Å². The lowest BCUT2D eigenvalue weighted by Gasteiger charge is -2.29. The van der Waals surface area contributed by atoms with Crippen LogP contribution in [0.15, 0.2) is 54.2 Å². The molecule has 4 aromatic rings. The molecule has 3 aromatic heterocycles. The fraction of sp³-hybridized carbons (Fsp3) is 0.304. The van der Waals surface area contributed by atoms with E-state index >= 15 is 0 Å². The number of hydrogen-bond donors (Lipinski definition) is 1. The van der Waals surface area contributed by atoms with Gasteiger partial charge in [0.15, 0.2) is 10.8 Å². The summed E-state index contributed by atoms with van der Waals surface area (Å²) in [4.78, 5) is 24.4. The highest BCUT2D eigenvalue weighted by molar-refractivity contribution is 7.14. The Morgan fingerprint density at radius 3 is 2.81 bits per heavy atom. The Morgan fingerprint density at radius 2 is 2.00 bits per heavy atom. The second kappa shape index (κ2) is 8.56. The standard InChI is InChI=1S/C23H24N6OS/c1-16-8-11-28(12-9-16)14-18-15-31-23(26-18)27-22(30)19-13-25-29-20(7-10-24-21(19)29)17-5-3-2-4-6-17/h2-7,10,13,15-16H,8-9,11-12,14H2,1H3,(H,26,27,30). The van der Waals surface area contributed by atoms with Gasteiger partial charge in [-0.25, -0.2) is 14.5 Å². The van der Waals surface area contributed by atoms with Crippen LogP contribution in [-0.4, -0.2) is 43.5 Å². The molecule has 0 saturated carbocycles. The number of rotatable bonds is 5. The Hall–Kier alpha value is -3.10. The van der Waals surface area contributed by atoms with Crippen molar-refractivity contribution in [2.24, 2.45) is 5.92 Å². The van der Waals surface area contributed by atoms with Gasteiger partial charge in [0.25, 0.3) is 5.91 Å². The van der Waals surface area contributed by atoms with E-state index in [2.05, 4.69) is 32.2 Å². The highest BCUT2D eigenvalue weighted by atomic mass is 32.1. The van der Waals surface area contributed by atoms with Gasteiger partial charge in [0.2, 0.25) is 0 Å². The van der Waals surface area contributed by atoms with Crippen LogP contribution in [0.4, 0.5) is 5.13 Å². The van der Waals surface area contributed by atoms with Crippen LogP contribution in [0.3, 0.4) is 0 Å². The van der Waals surface area contributed by atoms with E-state index in [0.717, 1.165) is 42.5 Å². The van der Waals surface area contributed by atoms with Gasteiger partial charge in [-0.1, -0.05) is 37.3 Å². The van der Waals surface area contributed by atoms with Crippen molar-refractivity contribution in [1.29, 1.82) is 0 Å². The molecule has 0 atom stereocenters. The smallest absolute Gasteiger partial charge is 0.262 e. The Balaban J connectivity index is 1.32. The van der Waals surface area contributed by atoms with Crippen molar-refractivity contribution in [2.75, 3.05) is 18.4 Å². The predicted octanol–water partition coefficient (Wildman–Crippen LogP) is 4.34. The molecule has 1 fully saturated rings. The molecule has 1 N–H and O–H groups in total. The summed E-state index contributed by atoms with van der Waals surface area (Å²) in [7, 11) is 0. The lowest BCUT2D eigenvalue weighted by molar-refractivity contribution is 0.102. The van der Waals surface area contributed by atoms with Crippen LogP contribution in [0.2, 0.25) is 0 Å². The zero-order valence-electron chi connectivity index (χ0n) is 17.4. The van der Waals surface area contributed by atoms with Gasteiger partial charge in [-0.15, -0.1) is 11.3 Å². The highest BCUT2D eigenvalue weighted by Gasteiger charge is 2.19. The number of nitrogens with zero attached hydrogens (tertiary/aromatic N) is 5. The van der Waals surface area contributed by atoms with Gasteiger partial charge < -0.3 is 0 Å². The number of benzene rings is 1. The maximum absolute atomic E-state index is 12.9. The molecule has 1 aromatic carbocycles. The average molecular weight is 433 g/mol. The van der Waals surface area contributed by atoms with Gasteiger partial charge in [0.1, 0.15) is 5.56 Å². The summed E-state index contributed by atoms with van der Waals surface area (Å²) in [5, 5.41) is 9.96. The third-order valence-electron chi connectivity index (χ3n) is 5.75. The lowest BCUT2D eigenvalue weighted by atomic mass is 9.99. The first-order chi connectivity index (χ1) is 15.2. The van der Waals surface area contributed by atoms with Crippen LogP contribution < -0.4 is 5.32 Å². The maximum Gasteiger partial charge on any atom is 0.262 e. The van der Waals surface area contributed by atoms with Crippen LogP contribution >= 0.6 is 11.3 Å². The summed E-state index contributed by atoms with van der Waals surface area (Å²) in [5.74, 6) is 0.559. The van der Waals surface area contributed by atoms with E-state index in [4.69, 9.17) is 0 Å². The molecule has 1 aliphatic rings. The molecule has 0 radical (unpaired) electrons. The molecule has 0 bridgehead atoms. The van der Waals surface area contributed by atoms with Crippen LogP contribution in [0.25, 0.3) is 16.9 Å². The Kier molecular flexibility index (Phi) is 5.48. The van der Waals surface area contributed by atoms with E-state index in [9.17, 15) is 4.79 Å². The molecule has 4 heterocycles. The van der Waals surface area contributed by atoms with Crippen LogP contribution in [0.1, 0.15) is 35.8 Å². The second-order valence-electron chi connectivity index (χ2n) is 8.05. The SMILES string of the molecule is CC1CCN(Cc2csc(NC(=O)c3cnn4c(-c5ccccc5)ccnc34)n2)CC1. The van der Waals surface area contributed by atoms with Gasteiger partial charge in [-0.05, 0) is 37.9 Å². The van der Waals surface area contributed by atoms with E-state index in [-0.39, 0.29) is 5.91 Å². The molecular weight excluding hydrogens is 408 g/mol. The van der Waals surface area contributed by atoms with Gasteiger partial charge in [-0.2, -0.15) is 5.10 Å². The third-order valence-corrected chi connectivity index (χ3v) is 6.56. The number of piperidine rings is 1. The van der Waals surface area contributed by atoms with E-state index in [0.29, 0.717) is 16.3 Å². The number of thiazole rings is 1. The zero-order chi connectivity index (χ0) is 21.2. The number of hydrogen-bond acceptors (Lipinski definition) is 6. The molecule has 7 nitrogen and oxygen atoms in total. The number of carbonyl (C=O) groups is 1. The lowest BCUT2D eigenvalue weighted by Crippen LogP contribution is -2.32. The summed E-state index contributed by atoms with van der Waals surface area (Å²) in [5.41, 5.74) is 3.86. The fourth-order valence-electron chi connectivity index (χ4n) is 3.93. The Morgan fingerprint density at radius 1 is 1.19 bits per heavy atom. The largest absolute Gasteiger partial charge is 0.298 e. The summed E-state index contributed by atoms with van der Waals surface area (Å²) in [6.45, 7) is 5.36. The van der Waals surface area contributed by atoms with Crippen LogP contribution in [0, 0.1) is 5.92 Å². The summed E-state index contributed by atoms with van der Waals surface area (Å²) < 4.78 is 1.70. The van der Waals surface area contributed by atoms with Crippen molar-refractivity contribution >= 4 is 28.0 Å². The van der Waals surface area contributed by atoms with Crippen LogP contribution in [-0.2, 0) is 6.54 Å². The first-order valence-corrected chi connectivity index (χ1v) is 11.4.